The molecule has 4 nitrogen and oxygen atoms in total. The van der Waals surface area contributed by atoms with Crippen LogP contribution in [-0.4, -0.2) is 18.4 Å². The maximum absolute atomic E-state index is 12.2. The summed E-state index contributed by atoms with van der Waals surface area (Å²) >= 11 is 5.79. The molecule has 2 rings (SSSR count). The van der Waals surface area contributed by atoms with Crippen LogP contribution in [0.4, 0.5) is 5.69 Å². The molecule has 5 heteroatoms. The van der Waals surface area contributed by atoms with Crippen LogP contribution < -0.4 is 10.6 Å². The quantitative estimate of drug-likeness (QED) is 0.856. The molecule has 126 valence electrons. The van der Waals surface area contributed by atoms with Gasteiger partial charge in [0, 0.05) is 16.3 Å². The molecule has 24 heavy (non-hydrogen) atoms. The van der Waals surface area contributed by atoms with Crippen LogP contribution in [0, 0.1) is 6.92 Å². The maximum atomic E-state index is 12.2. The Morgan fingerprint density at radius 3 is 2.38 bits per heavy atom. The van der Waals surface area contributed by atoms with Crippen LogP contribution in [0.2, 0.25) is 5.02 Å². The number of hydrogen-bond donors (Lipinski definition) is 2. The second-order valence-electron chi connectivity index (χ2n) is 5.93. The minimum absolute atomic E-state index is 0.0900. The molecule has 0 radical (unpaired) electrons. The smallest absolute Gasteiger partial charge is 0.251 e. The molecule has 2 aromatic carbocycles. The summed E-state index contributed by atoms with van der Waals surface area (Å²) in [6, 6.07) is 12.4. The molecule has 0 saturated heterocycles. The summed E-state index contributed by atoms with van der Waals surface area (Å²) in [6.45, 7) is 6.01. The van der Waals surface area contributed by atoms with Gasteiger partial charge in [-0.3, -0.25) is 9.59 Å². The Balaban J connectivity index is 1.99. The third-order valence-corrected chi connectivity index (χ3v) is 3.96. The molecule has 0 bridgehead atoms. The molecule has 0 aromatic heterocycles. The lowest BCUT2D eigenvalue weighted by Gasteiger charge is -2.16. The van der Waals surface area contributed by atoms with E-state index in [1.165, 1.54) is 0 Å². The van der Waals surface area contributed by atoms with Gasteiger partial charge in [-0.15, -0.1) is 0 Å². The Morgan fingerprint density at radius 1 is 1.08 bits per heavy atom. The SMILES string of the molecule is Cc1cccc(C(C)C)c1NC(=O)CNC(=O)c1ccc(Cl)cc1. The number of hydrogen-bond acceptors (Lipinski definition) is 2. The molecule has 2 aromatic rings. The summed E-state index contributed by atoms with van der Waals surface area (Å²) in [5, 5.41) is 6.07. The monoisotopic (exact) mass is 344 g/mol. The first-order valence-corrected chi connectivity index (χ1v) is 8.19. The molecule has 2 amide bonds. The summed E-state index contributed by atoms with van der Waals surface area (Å²) < 4.78 is 0. The van der Waals surface area contributed by atoms with Gasteiger partial charge in [0.1, 0.15) is 0 Å². The lowest BCUT2D eigenvalue weighted by molar-refractivity contribution is -0.115. The average molecular weight is 345 g/mol. The number of benzene rings is 2. The number of para-hydroxylation sites is 1. The fraction of sp³-hybridized carbons (Fsp3) is 0.263. The van der Waals surface area contributed by atoms with Crippen LogP contribution in [0.25, 0.3) is 0 Å². The van der Waals surface area contributed by atoms with Gasteiger partial charge in [-0.1, -0.05) is 43.6 Å². The van der Waals surface area contributed by atoms with Crippen molar-refractivity contribution in [2.45, 2.75) is 26.7 Å². The summed E-state index contributed by atoms with van der Waals surface area (Å²) in [6.07, 6.45) is 0. The lowest BCUT2D eigenvalue weighted by Crippen LogP contribution is -2.33. The van der Waals surface area contributed by atoms with Crippen LogP contribution in [0.5, 0.6) is 0 Å². The Morgan fingerprint density at radius 2 is 1.75 bits per heavy atom. The second-order valence-corrected chi connectivity index (χ2v) is 6.37. The predicted molar refractivity (Wildman–Crippen MR) is 97.7 cm³/mol. The molecular formula is C19H21ClN2O2. The topological polar surface area (TPSA) is 58.2 Å². The molecule has 0 aliphatic carbocycles. The molecule has 0 spiro atoms. The van der Waals surface area contributed by atoms with Crippen molar-refractivity contribution in [1.82, 2.24) is 5.32 Å². The van der Waals surface area contributed by atoms with E-state index in [9.17, 15) is 9.59 Å². The molecular weight excluding hydrogens is 324 g/mol. The normalized spacial score (nSPS) is 10.5. The highest BCUT2D eigenvalue weighted by Crippen LogP contribution is 2.27. The van der Waals surface area contributed by atoms with E-state index >= 15 is 0 Å². The number of amides is 2. The summed E-state index contributed by atoms with van der Waals surface area (Å²) in [5.74, 6) is -0.270. The first-order chi connectivity index (χ1) is 11.4. The Kier molecular flexibility index (Phi) is 5.99. The number of carbonyl (C=O) groups is 2. The van der Waals surface area contributed by atoms with Gasteiger partial charge in [0.05, 0.1) is 6.54 Å². The fourth-order valence-corrected chi connectivity index (χ4v) is 2.52. The van der Waals surface area contributed by atoms with Crippen molar-refractivity contribution in [3.05, 3.63) is 64.2 Å². The largest absolute Gasteiger partial charge is 0.343 e. The Bertz CT molecular complexity index is 740. The Hall–Kier alpha value is -2.33. The molecule has 0 fully saturated rings. The van der Waals surface area contributed by atoms with E-state index in [2.05, 4.69) is 24.5 Å². The highest BCUT2D eigenvalue weighted by molar-refractivity contribution is 6.30. The van der Waals surface area contributed by atoms with Crippen molar-refractivity contribution < 1.29 is 9.59 Å². The van der Waals surface area contributed by atoms with Crippen molar-refractivity contribution >= 4 is 29.1 Å². The lowest BCUT2D eigenvalue weighted by atomic mass is 9.98. The molecule has 0 aliphatic heterocycles. The van der Waals surface area contributed by atoms with Gasteiger partial charge >= 0.3 is 0 Å². The molecule has 2 N–H and O–H groups in total. The zero-order valence-electron chi connectivity index (χ0n) is 14.0. The van der Waals surface area contributed by atoms with Crippen molar-refractivity contribution in [1.29, 1.82) is 0 Å². The van der Waals surface area contributed by atoms with Gasteiger partial charge in [-0.2, -0.15) is 0 Å². The fourth-order valence-electron chi connectivity index (χ4n) is 2.39. The second kappa shape index (κ2) is 7.97. The summed E-state index contributed by atoms with van der Waals surface area (Å²) in [4.78, 5) is 24.2. The van der Waals surface area contributed by atoms with Gasteiger partial charge < -0.3 is 10.6 Å². The third kappa shape index (κ3) is 4.59. The third-order valence-electron chi connectivity index (χ3n) is 3.71. The molecule has 0 saturated carbocycles. The van der Waals surface area contributed by atoms with Crippen molar-refractivity contribution in [3.8, 4) is 0 Å². The van der Waals surface area contributed by atoms with Gasteiger partial charge in [0.15, 0.2) is 0 Å². The number of halogens is 1. The van der Waals surface area contributed by atoms with Crippen LogP contribution in [0.3, 0.4) is 0 Å². The van der Waals surface area contributed by atoms with Crippen LogP contribution >= 0.6 is 11.6 Å². The number of nitrogens with one attached hydrogen (secondary N) is 2. The zero-order chi connectivity index (χ0) is 17.7. The van der Waals surface area contributed by atoms with E-state index in [1.54, 1.807) is 24.3 Å². The van der Waals surface area contributed by atoms with E-state index in [4.69, 9.17) is 11.6 Å². The van der Waals surface area contributed by atoms with Crippen LogP contribution in [0.15, 0.2) is 42.5 Å². The molecule has 0 heterocycles. The summed E-state index contributed by atoms with van der Waals surface area (Å²) in [7, 11) is 0. The van der Waals surface area contributed by atoms with Crippen molar-refractivity contribution in [3.63, 3.8) is 0 Å². The van der Waals surface area contributed by atoms with E-state index in [0.29, 0.717) is 16.5 Å². The number of aryl methyl sites for hydroxylation is 1. The highest BCUT2D eigenvalue weighted by atomic mass is 35.5. The van der Waals surface area contributed by atoms with E-state index < -0.39 is 0 Å². The van der Waals surface area contributed by atoms with E-state index in [0.717, 1.165) is 16.8 Å². The zero-order valence-corrected chi connectivity index (χ0v) is 14.8. The Labute approximate surface area is 147 Å². The van der Waals surface area contributed by atoms with E-state index in [1.807, 2.05) is 25.1 Å². The number of anilines is 1. The average Bonchev–Trinajstić information content (AvgIpc) is 2.55. The van der Waals surface area contributed by atoms with Gasteiger partial charge in [-0.05, 0) is 48.2 Å². The summed E-state index contributed by atoms with van der Waals surface area (Å²) in [5.41, 5.74) is 3.36. The van der Waals surface area contributed by atoms with Crippen LogP contribution in [-0.2, 0) is 4.79 Å². The minimum atomic E-state index is -0.310. The molecule has 0 unspecified atom stereocenters. The predicted octanol–water partition coefficient (Wildman–Crippen LogP) is 4.14. The van der Waals surface area contributed by atoms with Gasteiger partial charge in [-0.25, -0.2) is 0 Å². The highest BCUT2D eigenvalue weighted by Gasteiger charge is 2.13. The molecule has 0 aliphatic rings. The minimum Gasteiger partial charge on any atom is -0.343 e. The first kappa shape index (κ1) is 18.0. The van der Waals surface area contributed by atoms with Gasteiger partial charge in [0.25, 0.3) is 5.91 Å². The maximum Gasteiger partial charge on any atom is 0.251 e. The molecule has 0 atom stereocenters. The number of rotatable bonds is 5. The van der Waals surface area contributed by atoms with Crippen molar-refractivity contribution in [2.24, 2.45) is 0 Å². The van der Waals surface area contributed by atoms with E-state index in [-0.39, 0.29) is 18.4 Å². The number of carbonyl (C=O) groups excluding carboxylic acids is 2. The van der Waals surface area contributed by atoms with Crippen LogP contribution in [0.1, 0.15) is 41.3 Å². The standard InChI is InChI=1S/C19H21ClN2O2/c1-12(2)16-6-4-5-13(3)18(16)22-17(23)11-21-19(24)14-7-9-15(20)10-8-14/h4-10,12H,11H2,1-3H3,(H,21,24)(H,22,23). The van der Waals surface area contributed by atoms with Gasteiger partial charge in [0.2, 0.25) is 5.91 Å². The first-order valence-electron chi connectivity index (χ1n) is 7.81. The van der Waals surface area contributed by atoms with Crippen molar-refractivity contribution in [2.75, 3.05) is 11.9 Å².